The smallest absolute Gasteiger partial charge is 0.286 e. The van der Waals surface area contributed by atoms with E-state index in [2.05, 4.69) is 10.3 Å². The molecule has 110 valence electrons. The summed E-state index contributed by atoms with van der Waals surface area (Å²) in [7, 11) is 0. The van der Waals surface area contributed by atoms with Gasteiger partial charge in [-0.2, -0.15) is 0 Å². The van der Waals surface area contributed by atoms with E-state index >= 15 is 0 Å². The van der Waals surface area contributed by atoms with Gasteiger partial charge in [0.25, 0.3) is 11.6 Å². The average Bonchev–Trinajstić information content (AvgIpc) is 2.82. The number of hydrogen-bond acceptors (Lipinski definition) is 5. The number of amides is 1. The summed E-state index contributed by atoms with van der Waals surface area (Å²) < 4.78 is 1.51. The van der Waals surface area contributed by atoms with Crippen molar-refractivity contribution in [2.24, 2.45) is 0 Å². The Morgan fingerprint density at radius 3 is 2.76 bits per heavy atom. The molecule has 2 aromatic heterocycles. The van der Waals surface area contributed by atoms with Crippen LogP contribution in [0.15, 0.2) is 18.3 Å². The van der Waals surface area contributed by atoms with Crippen molar-refractivity contribution in [3.8, 4) is 0 Å². The minimum absolute atomic E-state index is 0.0609. The van der Waals surface area contributed by atoms with E-state index in [1.54, 1.807) is 17.9 Å². The average molecular weight is 289 g/mol. The first-order valence-electron chi connectivity index (χ1n) is 6.71. The van der Waals surface area contributed by atoms with E-state index in [-0.39, 0.29) is 11.6 Å². The number of imidazole rings is 1. The molecule has 0 aliphatic carbocycles. The molecular weight excluding hydrogens is 274 g/mol. The molecule has 8 heteroatoms. The monoisotopic (exact) mass is 289 g/mol. The van der Waals surface area contributed by atoms with Crippen molar-refractivity contribution in [3.63, 3.8) is 0 Å². The number of aromatic nitrogens is 2. The Kier molecular flexibility index (Phi) is 3.30. The van der Waals surface area contributed by atoms with Crippen molar-refractivity contribution in [3.05, 3.63) is 39.8 Å². The molecular formula is C13H15N5O3. The lowest BCUT2D eigenvalue weighted by Gasteiger charge is -2.27. The van der Waals surface area contributed by atoms with Crippen LogP contribution >= 0.6 is 0 Å². The minimum atomic E-state index is -0.478. The summed E-state index contributed by atoms with van der Waals surface area (Å²) in [5.41, 5.74) is 1.46. The lowest BCUT2D eigenvalue weighted by atomic mass is 10.2. The number of hydrogen-bond donors (Lipinski definition) is 1. The number of aryl methyl sites for hydroxylation is 1. The number of fused-ring (bicyclic) bond motifs is 1. The molecule has 3 heterocycles. The van der Waals surface area contributed by atoms with Gasteiger partial charge >= 0.3 is 0 Å². The standard InChI is InChI=1S/C13H15N5O3/c1-9-12(13(19)16-6-4-14-5-7-16)17-8-10(18(20)21)2-3-11(17)15-9/h2-3,8,14H,4-7H2,1H3. The molecule has 1 aliphatic rings. The first-order chi connectivity index (χ1) is 10.1. The Hall–Kier alpha value is -2.48. The molecule has 0 atom stereocenters. The van der Waals surface area contributed by atoms with Crippen molar-refractivity contribution in [2.45, 2.75) is 6.92 Å². The van der Waals surface area contributed by atoms with Crippen molar-refractivity contribution in [1.82, 2.24) is 19.6 Å². The molecule has 0 bridgehead atoms. The van der Waals surface area contributed by atoms with Gasteiger partial charge in [-0.25, -0.2) is 4.98 Å². The molecule has 0 spiro atoms. The largest absolute Gasteiger partial charge is 0.335 e. The number of pyridine rings is 1. The van der Waals surface area contributed by atoms with Gasteiger partial charge in [0, 0.05) is 32.2 Å². The third-order valence-electron chi connectivity index (χ3n) is 3.59. The van der Waals surface area contributed by atoms with Gasteiger partial charge in [0.15, 0.2) is 0 Å². The van der Waals surface area contributed by atoms with E-state index < -0.39 is 4.92 Å². The molecule has 3 rings (SSSR count). The van der Waals surface area contributed by atoms with Crippen LogP contribution in [0.5, 0.6) is 0 Å². The summed E-state index contributed by atoms with van der Waals surface area (Å²) in [5.74, 6) is -0.137. The lowest BCUT2D eigenvalue weighted by Crippen LogP contribution is -2.46. The first-order valence-corrected chi connectivity index (χ1v) is 6.71. The summed E-state index contributed by atoms with van der Waals surface area (Å²) in [5, 5.41) is 14.1. The predicted molar refractivity (Wildman–Crippen MR) is 75.4 cm³/mol. The second-order valence-electron chi connectivity index (χ2n) is 4.96. The minimum Gasteiger partial charge on any atom is -0.335 e. The highest BCUT2D eigenvalue weighted by Crippen LogP contribution is 2.19. The van der Waals surface area contributed by atoms with Gasteiger partial charge in [-0.1, -0.05) is 0 Å². The summed E-state index contributed by atoms with van der Waals surface area (Å²) in [6.45, 7) is 4.50. The van der Waals surface area contributed by atoms with Crippen LogP contribution in [0.25, 0.3) is 5.65 Å². The van der Waals surface area contributed by atoms with Gasteiger partial charge < -0.3 is 10.2 Å². The molecule has 1 fully saturated rings. The second-order valence-corrected chi connectivity index (χ2v) is 4.96. The van der Waals surface area contributed by atoms with E-state index in [0.717, 1.165) is 13.1 Å². The van der Waals surface area contributed by atoms with Gasteiger partial charge in [-0.15, -0.1) is 0 Å². The van der Waals surface area contributed by atoms with Crippen LogP contribution in [-0.4, -0.2) is 51.3 Å². The Labute approximate surface area is 120 Å². The van der Waals surface area contributed by atoms with E-state index in [1.165, 1.54) is 16.7 Å². The molecule has 1 N–H and O–H groups in total. The normalized spacial score (nSPS) is 15.4. The maximum Gasteiger partial charge on any atom is 0.286 e. The molecule has 21 heavy (non-hydrogen) atoms. The number of carbonyl (C=O) groups excluding carboxylic acids is 1. The van der Waals surface area contributed by atoms with Crippen LogP contribution in [-0.2, 0) is 0 Å². The third-order valence-corrected chi connectivity index (χ3v) is 3.59. The predicted octanol–water partition coefficient (Wildman–Crippen LogP) is 0.596. The lowest BCUT2D eigenvalue weighted by molar-refractivity contribution is -0.385. The van der Waals surface area contributed by atoms with Crippen LogP contribution in [0, 0.1) is 17.0 Å². The van der Waals surface area contributed by atoms with Crippen molar-refractivity contribution >= 4 is 17.2 Å². The maximum absolute atomic E-state index is 12.6. The van der Waals surface area contributed by atoms with Crippen molar-refractivity contribution in [1.29, 1.82) is 0 Å². The Bertz CT molecular complexity index is 718. The molecule has 1 aliphatic heterocycles. The fourth-order valence-corrected chi connectivity index (χ4v) is 2.53. The zero-order valence-corrected chi connectivity index (χ0v) is 11.6. The SMILES string of the molecule is Cc1nc2ccc([N+](=O)[O-])cn2c1C(=O)N1CCNCC1. The molecule has 0 aromatic carbocycles. The molecule has 1 saturated heterocycles. The fourth-order valence-electron chi connectivity index (χ4n) is 2.53. The van der Waals surface area contributed by atoms with Gasteiger partial charge in [0.05, 0.1) is 16.8 Å². The molecule has 0 radical (unpaired) electrons. The van der Waals surface area contributed by atoms with E-state index in [0.29, 0.717) is 30.1 Å². The highest BCUT2D eigenvalue weighted by Gasteiger charge is 2.24. The van der Waals surface area contributed by atoms with Gasteiger partial charge in [0.1, 0.15) is 11.3 Å². The van der Waals surface area contributed by atoms with Gasteiger partial charge in [-0.05, 0) is 13.0 Å². The topological polar surface area (TPSA) is 92.8 Å². The van der Waals surface area contributed by atoms with Crippen LogP contribution < -0.4 is 5.32 Å². The van der Waals surface area contributed by atoms with Crippen LogP contribution in [0.3, 0.4) is 0 Å². The number of piperazine rings is 1. The number of nitro groups is 1. The van der Waals surface area contributed by atoms with Crippen molar-refractivity contribution in [2.75, 3.05) is 26.2 Å². The van der Waals surface area contributed by atoms with Crippen LogP contribution in [0.1, 0.15) is 16.2 Å². The molecule has 8 nitrogen and oxygen atoms in total. The van der Waals surface area contributed by atoms with Crippen LogP contribution in [0.4, 0.5) is 5.69 Å². The maximum atomic E-state index is 12.6. The van der Waals surface area contributed by atoms with Crippen molar-refractivity contribution < 1.29 is 9.72 Å². The number of nitrogens with zero attached hydrogens (tertiary/aromatic N) is 4. The highest BCUT2D eigenvalue weighted by atomic mass is 16.6. The van der Waals surface area contributed by atoms with E-state index in [4.69, 9.17) is 0 Å². The second kappa shape index (κ2) is 5.13. The van der Waals surface area contributed by atoms with E-state index in [9.17, 15) is 14.9 Å². The quantitative estimate of drug-likeness (QED) is 0.645. The van der Waals surface area contributed by atoms with E-state index in [1.807, 2.05) is 0 Å². The summed E-state index contributed by atoms with van der Waals surface area (Å²) in [6.07, 6.45) is 1.35. The molecule has 2 aromatic rings. The Balaban J connectivity index is 2.07. The Morgan fingerprint density at radius 1 is 1.38 bits per heavy atom. The summed E-state index contributed by atoms with van der Waals surface area (Å²) in [4.78, 5) is 29.1. The first kappa shape index (κ1) is 13.5. The number of carbonyl (C=O) groups is 1. The zero-order valence-electron chi connectivity index (χ0n) is 11.6. The molecule has 0 unspecified atom stereocenters. The number of nitrogens with one attached hydrogen (secondary N) is 1. The van der Waals surface area contributed by atoms with Gasteiger partial charge in [-0.3, -0.25) is 19.3 Å². The molecule has 0 saturated carbocycles. The molecule has 1 amide bonds. The number of rotatable bonds is 2. The summed E-state index contributed by atoms with van der Waals surface area (Å²) >= 11 is 0. The third kappa shape index (κ3) is 2.33. The highest BCUT2D eigenvalue weighted by molar-refractivity contribution is 5.94. The zero-order chi connectivity index (χ0) is 15.0. The summed E-state index contributed by atoms with van der Waals surface area (Å²) in [6, 6.07) is 2.94. The van der Waals surface area contributed by atoms with Crippen LogP contribution in [0.2, 0.25) is 0 Å². The fraction of sp³-hybridized carbons (Fsp3) is 0.385. The Morgan fingerprint density at radius 2 is 2.10 bits per heavy atom. The van der Waals surface area contributed by atoms with Gasteiger partial charge in [0.2, 0.25) is 0 Å².